The van der Waals surface area contributed by atoms with E-state index in [1.807, 2.05) is 19.9 Å². The zero-order chi connectivity index (χ0) is 19.9. The second-order valence-electron chi connectivity index (χ2n) is 7.45. The number of nitrogens with one attached hydrogen (secondary N) is 1. The Labute approximate surface area is 168 Å². The van der Waals surface area contributed by atoms with Gasteiger partial charge in [0, 0.05) is 31.4 Å². The van der Waals surface area contributed by atoms with Crippen molar-refractivity contribution in [3.05, 3.63) is 53.6 Å². The molecule has 2 aromatic carbocycles. The normalized spacial score (nSPS) is 15.5. The van der Waals surface area contributed by atoms with Crippen LogP contribution in [-0.2, 0) is 11.3 Å². The smallest absolute Gasteiger partial charge is 0.161 e. The van der Waals surface area contributed by atoms with Crippen LogP contribution < -0.4 is 19.7 Å². The molecule has 152 valence electrons. The molecule has 1 fully saturated rings. The van der Waals surface area contributed by atoms with Gasteiger partial charge in [0.25, 0.3) is 0 Å². The summed E-state index contributed by atoms with van der Waals surface area (Å²) in [5.74, 6) is 1.56. The molecule has 2 aromatic rings. The number of morpholine rings is 1. The number of anilines is 1. The van der Waals surface area contributed by atoms with E-state index in [9.17, 15) is 0 Å². The van der Waals surface area contributed by atoms with E-state index in [-0.39, 0.29) is 12.1 Å². The minimum absolute atomic E-state index is 0.121. The molecular weight excluding hydrogens is 352 g/mol. The van der Waals surface area contributed by atoms with Crippen molar-refractivity contribution in [3.8, 4) is 11.5 Å². The Morgan fingerprint density at radius 2 is 1.71 bits per heavy atom. The van der Waals surface area contributed by atoms with E-state index < -0.39 is 0 Å². The maximum absolute atomic E-state index is 5.80. The molecule has 0 radical (unpaired) electrons. The highest BCUT2D eigenvalue weighted by Gasteiger charge is 2.13. The van der Waals surface area contributed by atoms with Gasteiger partial charge in [-0.1, -0.05) is 18.2 Å². The lowest BCUT2D eigenvalue weighted by Gasteiger charge is -2.29. The summed E-state index contributed by atoms with van der Waals surface area (Å²) in [6.07, 6.45) is 0.121. The molecule has 3 rings (SSSR count). The van der Waals surface area contributed by atoms with Gasteiger partial charge >= 0.3 is 0 Å². The Morgan fingerprint density at radius 3 is 2.36 bits per heavy atom. The van der Waals surface area contributed by atoms with Crippen molar-refractivity contribution in [1.82, 2.24) is 5.32 Å². The van der Waals surface area contributed by atoms with Crippen LogP contribution in [0.2, 0.25) is 0 Å². The standard InChI is InChI=1S/C23H32N2O3/c1-17(2)28-22-10-7-20(15-23(22)26-4)18(3)24-16-19-5-8-21(9-6-19)25-11-13-27-14-12-25/h5-10,15,17-18,24H,11-14,16H2,1-4H3. The monoisotopic (exact) mass is 384 g/mol. The van der Waals surface area contributed by atoms with Gasteiger partial charge in [-0.3, -0.25) is 0 Å². The third-order valence-electron chi connectivity index (χ3n) is 4.98. The Kier molecular flexibility index (Phi) is 7.18. The first-order valence-electron chi connectivity index (χ1n) is 10.1. The fourth-order valence-electron chi connectivity index (χ4n) is 3.34. The summed E-state index contributed by atoms with van der Waals surface area (Å²) in [7, 11) is 1.68. The lowest BCUT2D eigenvalue weighted by atomic mass is 10.1. The van der Waals surface area contributed by atoms with E-state index in [0.29, 0.717) is 0 Å². The van der Waals surface area contributed by atoms with Crippen molar-refractivity contribution < 1.29 is 14.2 Å². The number of hydrogen-bond acceptors (Lipinski definition) is 5. The quantitative estimate of drug-likeness (QED) is 0.740. The summed E-state index contributed by atoms with van der Waals surface area (Å²) in [5, 5.41) is 3.60. The van der Waals surface area contributed by atoms with E-state index in [0.717, 1.165) is 44.3 Å². The van der Waals surface area contributed by atoms with Gasteiger partial charge in [-0.25, -0.2) is 0 Å². The van der Waals surface area contributed by atoms with Crippen molar-refractivity contribution in [2.75, 3.05) is 38.3 Å². The lowest BCUT2D eigenvalue weighted by Crippen LogP contribution is -2.36. The molecule has 1 N–H and O–H groups in total. The topological polar surface area (TPSA) is 43.0 Å². The fraction of sp³-hybridized carbons (Fsp3) is 0.478. The Bertz CT molecular complexity index is 740. The van der Waals surface area contributed by atoms with Crippen LogP contribution in [0.15, 0.2) is 42.5 Å². The SMILES string of the molecule is COc1cc(C(C)NCc2ccc(N3CCOCC3)cc2)ccc1OC(C)C. The number of methoxy groups -OCH3 is 1. The Balaban J connectivity index is 1.58. The first-order valence-corrected chi connectivity index (χ1v) is 10.1. The van der Waals surface area contributed by atoms with Gasteiger partial charge in [-0.2, -0.15) is 0 Å². The van der Waals surface area contributed by atoms with Crippen LogP contribution in [0.1, 0.15) is 37.9 Å². The van der Waals surface area contributed by atoms with Crippen molar-refractivity contribution in [1.29, 1.82) is 0 Å². The molecule has 1 atom stereocenters. The van der Waals surface area contributed by atoms with Crippen LogP contribution in [0.4, 0.5) is 5.69 Å². The molecular formula is C23H32N2O3. The molecule has 28 heavy (non-hydrogen) atoms. The number of rotatable bonds is 8. The third kappa shape index (κ3) is 5.40. The molecule has 5 nitrogen and oxygen atoms in total. The summed E-state index contributed by atoms with van der Waals surface area (Å²) in [6.45, 7) is 10.6. The summed E-state index contributed by atoms with van der Waals surface area (Å²) in [5.41, 5.74) is 3.72. The average Bonchev–Trinajstić information content (AvgIpc) is 2.73. The molecule has 0 saturated carbocycles. The van der Waals surface area contributed by atoms with Crippen LogP contribution in [0.3, 0.4) is 0 Å². The van der Waals surface area contributed by atoms with Gasteiger partial charge in [0.05, 0.1) is 26.4 Å². The molecule has 0 aromatic heterocycles. The number of hydrogen-bond donors (Lipinski definition) is 1. The van der Waals surface area contributed by atoms with Crippen molar-refractivity contribution >= 4 is 5.69 Å². The molecule has 1 aliphatic rings. The van der Waals surface area contributed by atoms with E-state index in [1.165, 1.54) is 16.8 Å². The summed E-state index contributed by atoms with van der Waals surface area (Å²) >= 11 is 0. The minimum Gasteiger partial charge on any atom is -0.493 e. The maximum atomic E-state index is 5.80. The molecule has 0 bridgehead atoms. The molecule has 0 spiro atoms. The van der Waals surface area contributed by atoms with Crippen LogP contribution >= 0.6 is 0 Å². The molecule has 0 aliphatic carbocycles. The Hall–Kier alpha value is -2.24. The second kappa shape index (κ2) is 9.80. The number of ether oxygens (including phenoxy) is 3. The van der Waals surface area contributed by atoms with Crippen LogP contribution in [0.5, 0.6) is 11.5 Å². The van der Waals surface area contributed by atoms with Gasteiger partial charge in [-0.05, 0) is 56.2 Å². The molecule has 1 unspecified atom stereocenters. The summed E-state index contributed by atoms with van der Waals surface area (Å²) in [6, 6.07) is 15.2. The molecule has 1 saturated heterocycles. The van der Waals surface area contributed by atoms with Crippen LogP contribution in [-0.4, -0.2) is 39.5 Å². The van der Waals surface area contributed by atoms with Crippen molar-refractivity contribution in [2.24, 2.45) is 0 Å². The van der Waals surface area contributed by atoms with Crippen LogP contribution in [0, 0.1) is 0 Å². The van der Waals surface area contributed by atoms with Gasteiger partial charge < -0.3 is 24.4 Å². The first-order chi connectivity index (χ1) is 13.6. The third-order valence-corrected chi connectivity index (χ3v) is 4.98. The largest absolute Gasteiger partial charge is 0.493 e. The van der Waals surface area contributed by atoms with Gasteiger partial charge in [0.1, 0.15) is 0 Å². The predicted molar refractivity (Wildman–Crippen MR) is 113 cm³/mol. The highest BCUT2D eigenvalue weighted by Crippen LogP contribution is 2.31. The summed E-state index contributed by atoms with van der Waals surface area (Å²) in [4.78, 5) is 2.37. The highest BCUT2D eigenvalue weighted by atomic mass is 16.5. The fourth-order valence-corrected chi connectivity index (χ4v) is 3.34. The van der Waals surface area contributed by atoms with Gasteiger partial charge in [0.2, 0.25) is 0 Å². The number of nitrogens with zero attached hydrogens (tertiary/aromatic N) is 1. The van der Waals surface area contributed by atoms with Crippen LogP contribution in [0.25, 0.3) is 0 Å². The first kappa shape index (κ1) is 20.5. The van der Waals surface area contributed by atoms with E-state index in [1.54, 1.807) is 7.11 Å². The lowest BCUT2D eigenvalue weighted by molar-refractivity contribution is 0.122. The zero-order valence-corrected chi connectivity index (χ0v) is 17.4. The summed E-state index contributed by atoms with van der Waals surface area (Å²) < 4.78 is 16.7. The zero-order valence-electron chi connectivity index (χ0n) is 17.4. The van der Waals surface area contributed by atoms with Crippen molar-refractivity contribution in [3.63, 3.8) is 0 Å². The molecule has 1 aliphatic heterocycles. The molecule has 0 amide bonds. The highest BCUT2D eigenvalue weighted by molar-refractivity contribution is 5.48. The second-order valence-corrected chi connectivity index (χ2v) is 7.45. The number of benzene rings is 2. The Morgan fingerprint density at radius 1 is 1.00 bits per heavy atom. The maximum Gasteiger partial charge on any atom is 0.161 e. The average molecular weight is 385 g/mol. The predicted octanol–water partition coefficient (Wildman–Crippen LogP) is 4.17. The minimum atomic E-state index is 0.121. The molecule has 5 heteroatoms. The van der Waals surface area contributed by atoms with Gasteiger partial charge in [0.15, 0.2) is 11.5 Å². The van der Waals surface area contributed by atoms with Gasteiger partial charge in [-0.15, -0.1) is 0 Å². The molecule has 1 heterocycles. The van der Waals surface area contributed by atoms with E-state index >= 15 is 0 Å². The van der Waals surface area contributed by atoms with E-state index in [4.69, 9.17) is 14.2 Å². The van der Waals surface area contributed by atoms with E-state index in [2.05, 4.69) is 53.5 Å². The van der Waals surface area contributed by atoms with Crippen molar-refractivity contribution in [2.45, 2.75) is 39.5 Å².